The van der Waals surface area contributed by atoms with Crippen molar-refractivity contribution in [1.29, 1.82) is 0 Å². The average Bonchev–Trinajstić information content (AvgIpc) is 2.37. The largest absolute Gasteiger partial charge is 0.488 e. The lowest BCUT2D eigenvalue weighted by Crippen LogP contribution is -2.18. The van der Waals surface area contributed by atoms with Gasteiger partial charge in [0.05, 0.1) is 6.20 Å². The van der Waals surface area contributed by atoms with Gasteiger partial charge < -0.3 is 10.5 Å². The van der Waals surface area contributed by atoms with Gasteiger partial charge in [0.2, 0.25) is 0 Å². The molecule has 0 amide bonds. The number of benzene rings is 1. The highest BCUT2D eigenvalue weighted by Crippen LogP contribution is 2.25. The maximum atomic E-state index is 13.1. The van der Waals surface area contributed by atoms with Crippen LogP contribution in [0.15, 0.2) is 36.7 Å². The van der Waals surface area contributed by atoms with E-state index >= 15 is 0 Å². The molecule has 106 valence electrons. The van der Waals surface area contributed by atoms with Gasteiger partial charge in [0.25, 0.3) is 0 Å². The number of hydrogen-bond donors (Lipinski definition) is 1. The molecule has 3 nitrogen and oxygen atoms in total. The van der Waals surface area contributed by atoms with E-state index in [4.69, 9.17) is 10.5 Å². The normalized spacial score (nSPS) is 12.2. The number of aryl methyl sites for hydroxylation is 1. The fraction of sp³-hybridized carbons (Fsp3) is 0.312. The lowest BCUT2D eigenvalue weighted by atomic mass is 10.0. The monoisotopic (exact) mass is 274 g/mol. The first-order chi connectivity index (χ1) is 9.56. The van der Waals surface area contributed by atoms with Crippen molar-refractivity contribution in [2.24, 2.45) is 5.73 Å². The second-order valence-corrected chi connectivity index (χ2v) is 5.04. The van der Waals surface area contributed by atoms with E-state index in [2.05, 4.69) is 4.98 Å². The van der Waals surface area contributed by atoms with Crippen LogP contribution < -0.4 is 10.5 Å². The number of para-hydroxylation sites is 1. The van der Waals surface area contributed by atoms with E-state index in [9.17, 15) is 4.39 Å². The van der Waals surface area contributed by atoms with Gasteiger partial charge in [-0.2, -0.15) is 0 Å². The Labute approximate surface area is 118 Å². The summed E-state index contributed by atoms with van der Waals surface area (Å²) < 4.78 is 18.9. The molecule has 0 saturated carbocycles. The Morgan fingerprint density at radius 1 is 1.35 bits per heavy atom. The van der Waals surface area contributed by atoms with Crippen LogP contribution in [0.1, 0.15) is 23.6 Å². The Morgan fingerprint density at radius 3 is 2.85 bits per heavy atom. The van der Waals surface area contributed by atoms with Crippen molar-refractivity contribution < 1.29 is 9.13 Å². The van der Waals surface area contributed by atoms with Gasteiger partial charge in [-0.1, -0.05) is 18.2 Å². The van der Waals surface area contributed by atoms with Crippen LogP contribution >= 0.6 is 0 Å². The van der Waals surface area contributed by atoms with Crippen LogP contribution in [0.4, 0.5) is 4.39 Å². The van der Waals surface area contributed by atoms with Crippen LogP contribution in [0, 0.1) is 12.7 Å². The maximum Gasteiger partial charge on any atom is 0.141 e. The number of ether oxygens (including phenoxy) is 1. The smallest absolute Gasteiger partial charge is 0.141 e. The second-order valence-electron chi connectivity index (χ2n) is 5.04. The molecule has 0 bridgehead atoms. The summed E-state index contributed by atoms with van der Waals surface area (Å²) in [6.45, 7) is 4.24. The van der Waals surface area contributed by atoms with Crippen molar-refractivity contribution in [2.45, 2.75) is 32.9 Å². The highest BCUT2D eigenvalue weighted by atomic mass is 19.1. The third kappa shape index (κ3) is 3.78. The minimum absolute atomic E-state index is 0.0648. The highest BCUT2D eigenvalue weighted by Gasteiger charge is 2.09. The van der Waals surface area contributed by atoms with Crippen LogP contribution in [0.3, 0.4) is 0 Å². The van der Waals surface area contributed by atoms with Gasteiger partial charge in [-0.15, -0.1) is 0 Å². The predicted molar refractivity (Wildman–Crippen MR) is 77.1 cm³/mol. The van der Waals surface area contributed by atoms with Crippen LogP contribution in [-0.4, -0.2) is 11.0 Å². The minimum Gasteiger partial charge on any atom is -0.488 e. The molecule has 0 aliphatic carbocycles. The fourth-order valence-corrected chi connectivity index (χ4v) is 2.12. The Hall–Kier alpha value is -1.94. The van der Waals surface area contributed by atoms with E-state index in [0.29, 0.717) is 12.2 Å². The van der Waals surface area contributed by atoms with Gasteiger partial charge in [0.15, 0.2) is 0 Å². The van der Waals surface area contributed by atoms with Crippen LogP contribution in [0.5, 0.6) is 5.75 Å². The van der Waals surface area contributed by atoms with E-state index < -0.39 is 0 Å². The highest BCUT2D eigenvalue weighted by molar-refractivity contribution is 5.41. The molecule has 1 aromatic heterocycles. The van der Waals surface area contributed by atoms with Crippen molar-refractivity contribution in [3.05, 3.63) is 59.2 Å². The summed E-state index contributed by atoms with van der Waals surface area (Å²) in [6, 6.07) is 7.48. The summed E-state index contributed by atoms with van der Waals surface area (Å²) in [7, 11) is 0. The Balaban J connectivity index is 2.16. The Morgan fingerprint density at radius 2 is 2.15 bits per heavy atom. The Kier molecular flexibility index (Phi) is 4.69. The lowest BCUT2D eigenvalue weighted by Gasteiger charge is -2.15. The average molecular weight is 274 g/mol. The van der Waals surface area contributed by atoms with Gasteiger partial charge in [0.1, 0.15) is 18.2 Å². The third-order valence-electron chi connectivity index (χ3n) is 2.98. The van der Waals surface area contributed by atoms with Gasteiger partial charge in [0, 0.05) is 17.8 Å². The fourth-order valence-electron chi connectivity index (χ4n) is 2.12. The molecule has 0 spiro atoms. The third-order valence-corrected chi connectivity index (χ3v) is 2.98. The molecule has 2 N–H and O–H groups in total. The van der Waals surface area contributed by atoms with E-state index in [1.807, 2.05) is 32.0 Å². The SMILES string of the molecule is Cc1cccc(CC(C)N)c1OCc1cncc(F)c1. The summed E-state index contributed by atoms with van der Waals surface area (Å²) >= 11 is 0. The number of halogens is 1. The summed E-state index contributed by atoms with van der Waals surface area (Å²) in [5, 5.41) is 0. The molecule has 0 fully saturated rings. The quantitative estimate of drug-likeness (QED) is 0.911. The number of hydrogen-bond acceptors (Lipinski definition) is 3. The summed E-state index contributed by atoms with van der Waals surface area (Å²) in [4.78, 5) is 3.81. The van der Waals surface area contributed by atoms with Crippen LogP contribution in [-0.2, 0) is 13.0 Å². The van der Waals surface area contributed by atoms with Gasteiger partial charge >= 0.3 is 0 Å². The van der Waals surface area contributed by atoms with Crippen LogP contribution in [0.2, 0.25) is 0 Å². The molecule has 20 heavy (non-hydrogen) atoms. The molecule has 0 saturated heterocycles. The van der Waals surface area contributed by atoms with E-state index in [0.717, 1.165) is 23.3 Å². The molecule has 4 heteroatoms. The molecule has 2 aromatic rings. The number of aromatic nitrogens is 1. The first-order valence-electron chi connectivity index (χ1n) is 6.62. The van der Waals surface area contributed by atoms with Crippen molar-refractivity contribution in [3.63, 3.8) is 0 Å². The molecular formula is C16H19FN2O. The molecule has 2 rings (SSSR count). The first kappa shape index (κ1) is 14.5. The van der Waals surface area contributed by atoms with Crippen LogP contribution in [0.25, 0.3) is 0 Å². The van der Waals surface area contributed by atoms with Gasteiger partial charge in [-0.3, -0.25) is 4.98 Å². The number of nitrogens with two attached hydrogens (primary N) is 1. The van der Waals surface area contributed by atoms with Gasteiger partial charge in [-0.05, 0) is 37.5 Å². The molecule has 1 atom stereocenters. The summed E-state index contributed by atoms with van der Waals surface area (Å²) in [5.74, 6) is 0.473. The zero-order valence-electron chi connectivity index (χ0n) is 11.8. The number of nitrogens with zero attached hydrogens (tertiary/aromatic N) is 1. The van der Waals surface area contributed by atoms with Crippen molar-refractivity contribution in [3.8, 4) is 5.75 Å². The predicted octanol–water partition coefficient (Wildman–Crippen LogP) is 3.00. The molecular weight excluding hydrogens is 255 g/mol. The van der Waals surface area contributed by atoms with Crippen molar-refractivity contribution >= 4 is 0 Å². The zero-order chi connectivity index (χ0) is 14.5. The molecule has 1 heterocycles. The van der Waals surface area contributed by atoms with E-state index in [1.54, 1.807) is 6.20 Å². The van der Waals surface area contributed by atoms with Crippen molar-refractivity contribution in [2.75, 3.05) is 0 Å². The zero-order valence-corrected chi connectivity index (χ0v) is 11.8. The molecule has 0 aliphatic heterocycles. The summed E-state index contributed by atoms with van der Waals surface area (Å²) in [6.07, 6.45) is 3.53. The molecule has 1 unspecified atom stereocenters. The van der Waals surface area contributed by atoms with Gasteiger partial charge in [-0.25, -0.2) is 4.39 Å². The topological polar surface area (TPSA) is 48.1 Å². The summed E-state index contributed by atoms with van der Waals surface area (Å²) in [5.41, 5.74) is 8.69. The Bertz CT molecular complexity index is 584. The van der Waals surface area contributed by atoms with E-state index in [1.165, 1.54) is 12.3 Å². The standard InChI is InChI=1S/C16H19FN2O/c1-11-4-3-5-14(6-12(2)18)16(11)20-10-13-7-15(17)9-19-8-13/h3-5,7-9,12H,6,10,18H2,1-2H3. The minimum atomic E-state index is -0.355. The molecule has 0 aliphatic rings. The first-order valence-corrected chi connectivity index (χ1v) is 6.62. The van der Waals surface area contributed by atoms with Crippen molar-refractivity contribution in [1.82, 2.24) is 4.98 Å². The molecule has 1 aromatic carbocycles. The lowest BCUT2D eigenvalue weighted by molar-refractivity contribution is 0.299. The molecule has 0 radical (unpaired) electrons. The van der Waals surface area contributed by atoms with E-state index in [-0.39, 0.29) is 11.9 Å². The second kappa shape index (κ2) is 6.48. The number of rotatable bonds is 5. The maximum absolute atomic E-state index is 13.1. The number of pyridine rings is 1.